The van der Waals surface area contributed by atoms with Gasteiger partial charge in [0.25, 0.3) is 0 Å². The van der Waals surface area contributed by atoms with Crippen LogP contribution in [0.5, 0.6) is 0 Å². The highest BCUT2D eigenvalue weighted by Crippen LogP contribution is 2.23. The quantitative estimate of drug-likeness (QED) is 0.00593. The Labute approximate surface area is 663 Å². The SMILES string of the molecule is C.C.C#CCOCCC/C(C)=C/CC/C(C)=C/CCl.C#CCOCCC/C(C)=C/CC/C(C)=C/COPP.C/C(=C\CCl)CC/C=C(\C)CCCN=[N+]=[N-].C/C(=C\COPP)CC/C=C(\C)CCCN=[N+]=[N-].CC(=O)OC/C=C(\C)CC/C=C(\C)CCC=O.CC(C)=CCC/C(C)=C/CC/C(C)=C/CO.[2HH]. The van der Waals surface area contributed by atoms with E-state index in [1.807, 2.05) is 32.1 Å². The highest BCUT2D eigenvalue weighted by Gasteiger charge is 1.99. The Bertz CT molecular complexity index is 2760. The van der Waals surface area contributed by atoms with Crippen LogP contribution in [0.25, 0.3) is 20.9 Å². The molecule has 602 valence electrons. The number of esters is 1. The van der Waals surface area contributed by atoms with Gasteiger partial charge in [-0.25, -0.2) is 0 Å². The number of aldehydes is 1. The number of terminal acetylenes is 2. The number of aliphatic hydroxyl groups excluding tert-OH is 1. The summed E-state index contributed by atoms with van der Waals surface area (Å²) in [5.74, 6) is 5.89. The number of aliphatic hydroxyl groups is 1. The molecule has 0 aromatic carbocycles. The Morgan fingerprint density at radius 3 is 0.990 bits per heavy atom. The lowest BCUT2D eigenvalue weighted by molar-refractivity contribution is -0.139. The van der Waals surface area contributed by atoms with Gasteiger partial charge in [0.1, 0.15) is 26.1 Å². The number of nitrogens with zero attached hydrogens (tertiary/aromatic N) is 6. The number of carbonyl (C=O) groups excluding carboxylic acids is 2. The first-order valence-electron chi connectivity index (χ1n) is 36.4. The van der Waals surface area contributed by atoms with E-state index < -0.39 is 0 Å². The van der Waals surface area contributed by atoms with E-state index in [1.165, 1.54) is 79.4 Å². The summed E-state index contributed by atoms with van der Waals surface area (Å²) in [6.45, 7) is 36.6. The summed E-state index contributed by atoms with van der Waals surface area (Å²) in [4.78, 5) is 26.2. The maximum absolute atomic E-state index is 10.5. The zero-order valence-electron chi connectivity index (χ0n) is 66.6. The molecule has 0 aromatic rings. The number of hydrogen-bond acceptors (Lipinski definition) is 10. The van der Waals surface area contributed by atoms with Crippen molar-refractivity contribution in [3.63, 3.8) is 0 Å². The Morgan fingerprint density at radius 2 is 0.714 bits per heavy atom. The summed E-state index contributed by atoms with van der Waals surface area (Å²) in [5.41, 5.74) is 33.9. The van der Waals surface area contributed by atoms with E-state index in [1.54, 1.807) is 0 Å². The second kappa shape index (κ2) is 95.7. The Balaban J connectivity index is -0.000000151. The average molecular weight is 1580 g/mol. The lowest BCUT2D eigenvalue weighted by Crippen LogP contribution is -1.98. The van der Waals surface area contributed by atoms with Crippen molar-refractivity contribution >= 4 is 70.3 Å². The van der Waals surface area contributed by atoms with Crippen molar-refractivity contribution in [1.29, 1.82) is 0 Å². The predicted molar refractivity (Wildman–Crippen MR) is 477 cm³/mol. The number of allylic oxidation sites excluding steroid dienone is 22. The zero-order chi connectivity index (χ0) is 78.6. The van der Waals surface area contributed by atoms with Crippen molar-refractivity contribution in [2.24, 2.45) is 10.2 Å². The van der Waals surface area contributed by atoms with Crippen molar-refractivity contribution < 1.29 is 39.4 Å². The number of ether oxygens (including phenoxy) is 3. The zero-order valence-corrected chi connectivity index (χ0v) is 72.4. The molecule has 20 heteroatoms. The lowest BCUT2D eigenvalue weighted by atomic mass is 10.1. The smallest absolute Gasteiger partial charge is 0.302 e. The molecule has 105 heavy (non-hydrogen) atoms. The maximum atomic E-state index is 10.5. The number of halogens is 2. The van der Waals surface area contributed by atoms with Crippen LogP contribution in [0, 0.1) is 24.7 Å². The van der Waals surface area contributed by atoms with E-state index in [2.05, 4.69) is 194 Å². The average Bonchev–Trinajstić information content (AvgIpc) is 1.31. The first-order valence-corrected chi connectivity index (χ1v) is 42.9. The summed E-state index contributed by atoms with van der Waals surface area (Å²) >= 11 is 11.2. The first kappa shape index (κ1) is 116. The standard InChI is InChI=1S/C15H23ClO.C15H26O2P2.C15H26O.C14H22O3.C12H20ClN3.C12H23N3OP2.2CH4.H2/c1-4-12-17-13-6-9-14(2)7-5-8-15(3)10-11-16;1-4-11-16-12-6-9-14(2)7-5-8-15(3)10-13-17-19-18;1-13(2)7-5-8-14(3)9-6-10-15(4)11-12-16;1-12(8-5-10-15)6-4-7-13(2)9-11-17-14(3)16;1-11(7-4-10-15-16-14)5-3-6-12(2)8-9-13;1-11(7-4-9-14-15-13)5-3-6-12(2)8-10-16-18-17;;;/h1,7,10H,5-6,8-9,11-13H2,2-3H3;1,7,10,19H,5-6,8-9,11-13,18H2,2-3H3;7,9,11,16H,5-6,8,10,12H2,1-4H3;6,9-10H,4-5,7-8,11H2,1-3H3;5,8H,3-4,6-7,9-10H2,1-2H3;5,8,18H,3-4,6-7,9-10,17H2,1-2H3;2*1H4;1H/b2*14-7+,15-10+;14-9+,15-11+;12-6+,13-9+;2*11-5+,12-8+;;;/i;;;;;;;;1+1. The van der Waals surface area contributed by atoms with Crippen LogP contribution in [-0.4, -0.2) is 95.1 Å². The number of alkyl halides is 2. The second-order valence-electron chi connectivity index (χ2n) is 25.4. The molecule has 0 saturated heterocycles. The van der Waals surface area contributed by atoms with Crippen molar-refractivity contribution in [3.05, 3.63) is 172 Å². The van der Waals surface area contributed by atoms with Crippen molar-refractivity contribution in [1.82, 2.24) is 0 Å². The molecule has 0 aromatic heterocycles. The highest BCUT2D eigenvalue weighted by atomic mass is 35.5. The van der Waals surface area contributed by atoms with E-state index in [4.69, 9.17) is 75.5 Å². The third-order valence-corrected chi connectivity index (χ3v) is 17.0. The Kier molecular flexibility index (Phi) is 106. The first-order chi connectivity index (χ1) is 49.4. The normalized spacial score (nSPS) is 12.5. The molecule has 0 saturated carbocycles. The highest BCUT2D eigenvalue weighted by molar-refractivity contribution is 8.00. The minimum absolute atomic E-state index is 0. The van der Waals surface area contributed by atoms with Gasteiger partial charge in [-0.2, -0.15) is 0 Å². The van der Waals surface area contributed by atoms with Gasteiger partial charge < -0.3 is 33.2 Å². The fourth-order valence-electron chi connectivity index (χ4n) is 8.68. The van der Waals surface area contributed by atoms with Crippen LogP contribution in [0.2, 0.25) is 0 Å². The van der Waals surface area contributed by atoms with Gasteiger partial charge >= 0.3 is 5.97 Å². The Morgan fingerprint density at radius 1 is 0.438 bits per heavy atom. The van der Waals surface area contributed by atoms with Gasteiger partial charge in [0.05, 0.1) is 19.8 Å². The molecule has 0 aliphatic carbocycles. The summed E-state index contributed by atoms with van der Waals surface area (Å²) in [6.07, 6.45) is 63.9. The summed E-state index contributed by atoms with van der Waals surface area (Å²) in [5, 5.41) is 15.7. The topological polar surface area (TPSA) is 198 Å². The van der Waals surface area contributed by atoms with Crippen LogP contribution in [0.15, 0.2) is 162 Å². The summed E-state index contributed by atoms with van der Waals surface area (Å²) in [6, 6.07) is 0. The molecule has 0 bridgehead atoms. The number of rotatable bonds is 53. The van der Waals surface area contributed by atoms with E-state index in [0.29, 0.717) is 74.7 Å². The molecule has 14 nitrogen and oxygen atoms in total. The largest absolute Gasteiger partial charge is 0.462 e. The molecular weight excluding hydrogens is 1430 g/mol. The Hall–Kier alpha value is -4.40. The van der Waals surface area contributed by atoms with Crippen LogP contribution in [-0.2, 0) is 32.8 Å². The van der Waals surface area contributed by atoms with E-state index in [0.717, 1.165) is 174 Å². The minimum atomic E-state index is -0.251. The molecule has 0 aliphatic rings. The van der Waals surface area contributed by atoms with Crippen molar-refractivity contribution in [2.45, 2.75) is 273 Å². The third kappa shape index (κ3) is 111. The van der Waals surface area contributed by atoms with E-state index >= 15 is 0 Å². The van der Waals surface area contributed by atoms with Gasteiger partial charge in [-0.3, -0.25) is 4.79 Å². The van der Waals surface area contributed by atoms with Crippen LogP contribution in [0.4, 0.5) is 0 Å². The molecule has 0 spiro atoms. The molecule has 0 heterocycles. The molecule has 1 N–H and O–H groups in total. The van der Waals surface area contributed by atoms with E-state index in [-0.39, 0.29) is 28.9 Å². The molecule has 4 atom stereocenters. The number of azide groups is 2. The maximum Gasteiger partial charge on any atom is 0.302 e. The molecule has 0 rings (SSSR count). The van der Waals surface area contributed by atoms with Crippen LogP contribution < -0.4 is 0 Å². The third-order valence-electron chi connectivity index (χ3n) is 15.0. The minimum Gasteiger partial charge on any atom is -0.462 e. The summed E-state index contributed by atoms with van der Waals surface area (Å²) in [7, 11) is 6.13. The van der Waals surface area contributed by atoms with Gasteiger partial charge in [-0.05, 0) is 262 Å². The monoisotopic (exact) mass is 1580 g/mol. The lowest BCUT2D eigenvalue weighted by Gasteiger charge is -2.03. The predicted octanol–water partition coefficient (Wildman–Crippen LogP) is 28.1. The molecule has 0 radical (unpaired) electrons. The molecule has 0 amide bonds. The van der Waals surface area contributed by atoms with Gasteiger partial charge in [-0.1, -0.05) is 200 Å². The van der Waals surface area contributed by atoms with Gasteiger partial charge in [0, 0.05) is 79.7 Å². The van der Waals surface area contributed by atoms with Crippen LogP contribution in [0.1, 0.15) is 274 Å². The molecular formula is C85H150Cl2N6O8P4. The molecule has 0 fully saturated rings. The molecule has 4 unspecified atom stereocenters. The van der Waals surface area contributed by atoms with Crippen LogP contribution in [0.3, 0.4) is 0 Å². The van der Waals surface area contributed by atoms with Gasteiger partial charge in [0.15, 0.2) is 0 Å². The fourth-order valence-corrected chi connectivity index (χ4v) is 10.1. The number of carbonyl (C=O) groups is 2. The van der Waals surface area contributed by atoms with Crippen molar-refractivity contribution in [3.8, 4) is 24.7 Å². The molecule has 0 aliphatic heterocycles. The fraction of sp³-hybridized carbons (Fsp3) is 0.624. The van der Waals surface area contributed by atoms with Gasteiger partial charge in [0.2, 0.25) is 0 Å². The second-order valence-corrected chi connectivity index (χ2v) is 28.4. The van der Waals surface area contributed by atoms with Gasteiger partial charge in [-0.15, -0.1) is 36.0 Å². The number of hydrogen-bond donors (Lipinski definition) is 1. The van der Waals surface area contributed by atoms with Crippen molar-refractivity contribution in [2.75, 3.05) is 77.7 Å². The van der Waals surface area contributed by atoms with Crippen LogP contribution >= 0.6 is 58.1 Å². The summed E-state index contributed by atoms with van der Waals surface area (Å²) < 4.78 is 25.8. The van der Waals surface area contributed by atoms with E-state index in [9.17, 15) is 9.59 Å².